The molecular formula is C13H10N4OS. The first-order valence-electron chi connectivity index (χ1n) is 5.61. The predicted octanol–water partition coefficient (Wildman–Crippen LogP) is 2.92. The monoisotopic (exact) mass is 270 g/mol. The van der Waals surface area contributed by atoms with E-state index in [1.807, 2.05) is 30.5 Å². The van der Waals surface area contributed by atoms with E-state index < -0.39 is 0 Å². The van der Waals surface area contributed by atoms with Crippen LogP contribution in [0.3, 0.4) is 0 Å². The lowest BCUT2D eigenvalue weighted by atomic mass is 10.2. The Bertz CT molecular complexity index is 667. The first kappa shape index (κ1) is 11.9. The molecule has 0 aliphatic rings. The molecule has 3 aromatic rings. The molecule has 0 spiro atoms. The van der Waals surface area contributed by atoms with E-state index in [2.05, 4.69) is 20.1 Å². The molecule has 0 N–H and O–H groups in total. The number of benzene rings is 1. The quantitative estimate of drug-likeness (QED) is 0.682. The molecule has 0 bridgehead atoms. The van der Waals surface area contributed by atoms with Crippen molar-refractivity contribution in [3.05, 3.63) is 42.9 Å². The van der Waals surface area contributed by atoms with Crippen molar-refractivity contribution in [1.29, 1.82) is 0 Å². The molecule has 2 heterocycles. The van der Waals surface area contributed by atoms with Crippen molar-refractivity contribution in [1.82, 2.24) is 20.1 Å². The maximum absolute atomic E-state index is 5.19. The largest absolute Gasteiger partial charge is 0.332 e. The summed E-state index contributed by atoms with van der Waals surface area (Å²) in [5.41, 5.74) is 1.48. The molecule has 2 aromatic heterocycles. The van der Waals surface area contributed by atoms with Gasteiger partial charge in [-0.05, 0) is 30.5 Å². The summed E-state index contributed by atoms with van der Waals surface area (Å²) in [6.45, 7) is 0. The van der Waals surface area contributed by atoms with Gasteiger partial charge in [0.05, 0.1) is 6.20 Å². The Labute approximate surface area is 114 Å². The predicted molar refractivity (Wildman–Crippen MR) is 72.5 cm³/mol. The van der Waals surface area contributed by atoms with Crippen molar-refractivity contribution in [2.24, 2.45) is 0 Å². The molecule has 5 nitrogen and oxygen atoms in total. The number of nitrogens with zero attached hydrogens (tertiary/aromatic N) is 4. The van der Waals surface area contributed by atoms with Crippen LogP contribution >= 0.6 is 11.8 Å². The molecule has 94 valence electrons. The molecule has 3 rings (SSSR count). The third kappa shape index (κ3) is 2.48. The highest BCUT2D eigenvalue weighted by Gasteiger charge is 2.11. The number of hydrogen-bond acceptors (Lipinski definition) is 6. The number of thioether (sulfide) groups is 1. The van der Waals surface area contributed by atoms with Crippen molar-refractivity contribution < 1.29 is 4.52 Å². The topological polar surface area (TPSA) is 64.7 Å². The number of aromatic nitrogens is 4. The molecular weight excluding hydrogens is 260 g/mol. The summed E-state index contributed by atoms with van der Waals surface area (Å²) in [6, 6.07) is 7.99. The lowest BCUT2D eigenvalue weighted by Gasteiger charge is -1.96. The molecule has 0 saturated carbocycles. The van der Waals surface area contributed by atoms with Crippen molar-refractivity contribution >= 4 is 11.8 Å². The second-order valence-electron chi connectivity index (χ2n) is 3.74. The van der Waals surface area contributed by atoms with Gasteiger partial charge in [-0.25, -0.2) is 4.98 Å². The molecule has 0 fully saturated rings. The van der Waals surface area contributed by atoms with Crippen LogP contribution in [0.2, 0.25) is 0 Å². The minimum absolute atomic E-state index is 0.372. The molecule has 0 atom stereocenters. The normalized spacial score (nSPS) is 10.6. The highest BCUT2D eigenvalue weighted by Crippen LogP contribution is 2.22. The lowest BCUT2D eigenvalue weighted by Crippen LogP contribution is -1.84. The average molecular weight is 270 g/mol. The minimum Gasteiger partial charge on any atom is -0.332 e. The van der Waals surface area contributed by atoms with Gasteiger partial charge < -0.3 is 4.52 Å². The first-order chi connectivity index (χ1) is 9.36. The van der Waals surface area contributed by atoms with Crippen LogP contribution in [-0.4, -0.2) is 26.4 Å². The van der Waals surface area contributed by atoms with Gasteiger partial charge in [0.15, 0.2) is 0 Å². The van der Waals surface area contributed by atoms with Crippen LogP contribution in [0, 0.1) is 0 Å². The zero-order valence-electron chi connectivity index (χ0n) is 10.1. The Morgan fingerprint density at radius 2 is 1.95 bits per heavy atom. The fourth-order valence-corrected chi connectivity index (χ4v) is 2.00. The summed E-state index contributed by atoms with van der Waals surface area (Å²) in [7, 11) is 0. The van der Waals surface area contributed by atoms with Crippen molar-refractivity contribution in [2.45, 2.75) is 4.90 Å². The highest BCUT2D eigenvalue weighted by molar-refractivity contribution is 7.98. The van der Waals surface area contributed by atoms with E-state index in [4.69, 9.17) is 4.52 Å². The SMILES string of the molecule is CSc1ccc(-c2noc(-c3cnccn3)n2)cc1. The molecule has 0 radical (unpaired) electrons. The van der Waals surface area contributed by atoms with Crippen molar-refractivity contribution in [3.8, 4) is 23.0 Å². The van der Waals surface area contributed by atoms with Gasteiger partial charge in [0.1, 0.15) is 5.69 Å². The van der Waals surface area contributed by atoms with E-state index in [9.17, 15) is 0 Å². The van der Waals surface area contributed by atoms with Crippen LogP contribution in [0.5, 0.6) is 0 Å². The van der Waals surface area contributed by atoms with Gasteiger partial charge in [-0.3, -0.25) is 4.98 Å². The summed E-state index contributed by atoms with van der Waals surface area (Å²) in [5.74, 6) is 0.922. The summed E-state index contributed by atoms with van der Waals surface area (Å²) in [6.07, 6.45) is 6.82. The third-order valence-electron chi connectivity index (χ3n) is 2.56. The molecule has 1 aromatic carbocycles. The summed E-state index contributed by atoms with van der Waals surface area (Å²) in [4.78, 5) is 13.6. The zero-order chi connectivity index (χ0) is 13.1. The second-order valence-corrected chi connectivity index (χ2v) is 4.62. The fourth-order valence-electron chi connectivity index (χ4n) is 1.59. The molecule has 19 heavy (non-hydrogen) atoms. The van der Waals surface area contributed by atoms with Crippen LogP contribution in [0.25, 0.3) is 23.0 Å². The minimum atomic E-state index is 0.372. The number of rotatable bonds is 3. The van der Waals surface area contributed by atoms with Crippen LogP contribution in [0.1, 0.15) is 0 Å². The van der Waals surface area contributed by atoms with E-state index in [-0.39, 0.29) is 0 Å². The first-order valence-corrected chi connectivity index (χ1v) is 6.84. The van der Waals surface area contributed by atoms with Gasteiger partial charge >= 0.3 is 0 Å². The van der Waals surface area contributed by atoms with Gasteiger partial charge in [0.2, 0.25) is 5.82 Å². The van der Waals surface area contributed by atoms with Gasteiger partial charge in [0, 0.05) is 22.9 Å². The molecule has 6 heteroatoms. The van der Waals surface area contributed by atoms with Crippen LogP contribution in [0.15, 0.2) is 52.3 Å². The van der Waals surface area contributed by atoms with E-state index >= 15 is 0 Å². The maximum Gasteiger partial charge on any atom is 0.278 e. The van der Waals surface area contributed by atoms with Crippen molar-refractivity contribution in [2.75, 3.05) is 6.26 Å². The highest BCUT2D eigenvalue weighted by atomic mass is 32.2. The Morgan fingerprint density at radius 1 is 1.11 bits per heavy atom. The smallest absolute Gasteiger partial charge is 0.278 e. The van der Waals surface area contributed by atoms with Crippen LogP contribution in [0.4, 0.5) is 0 Å². The van der Waals surface area contributed by atoms with Gasteiger partial charge in [-0.2, -0.15) is 4.98 Å². The Morgan fingerprint density at radius 3 is 2.63 bits per heavy atom. The summed E-state index contributed by atoms with van der Waals surface area (Å²) < 4.78 is 5.19. The van der Waals surface area contributed by atoms with E-state index in [0.717, 1.165) is 5.56 Å². The Hall–Kier alpha value is -2.21. The second kappa shape index (κ2) is 5.19. The van der Waals surface area contributed by atoms with Crippen LogP contribution < -0.4 is 0 Å². The van der Waals surface area contributed by atoms with Crippen molar-refractivity contribution in [3.63, 3.8) is 0 Å². The van der Waals surface area contributed by atoms with E-state index in [1.165, 1.54) is 4.90 Å². The molecule has 0 unspecified atom stereocenters. The lowest BCUT2D eigenvalue weighted by molar-refractivity contribution is 0.431. The zero-order valence-corrected chi connectivity index (χ0v) is 11.0. The van der Waals surface area contributed by atoms with Gasteiger partial charge in [0.25, 0.3) is 5.89 Å². The molecule has 0 aliphatic heterocycles. The standard InChI is InChI=1S/C13H10N4OS/c1-19-10-4-2-9(3-5-10)12-16-13(18-17-12)11-8-14-6-7-15-11/h2-8H,1H3. The fraction of sp³-hybridized carbons (Fsp3) is 0.0769. The molecule has 0 amide bonds. The van der Waals surface area contributed by atoms with E-state index in [1.54, 1.807) is 30.4 Å². The van der Waals surface area contributed by atoms with Crippen LogP contribution in [-0.2, 0) is 0 Å². The summed E-state index contributed by atoms with van der Waals surface area (Å²) >= 11 is 1.69. The summed E-state index contributed by atoms with van der Waals surface area (Å²) in [5, 5.41) is 3.96. The maximum atomic E-state index is 5.19. The average Bonchev–Trinajstić information content (AvgIpc) is 2.98. The van der Waals surface area contributed by atoms with Gasteiger partial charge in [-0.1, -0.05) is 5.16 Å². The van der Waals surface area contributed by atoms with E-state index in [0.29, 0.717) is 17.4 Å². The third-order valence-corrected chi connectivity index (χ3v) is 3.30. The molecule has 0 aliphatic carbocycles. The number of hydrogen-bond donors (Lipinski definition) is 0. The Balaban J connectivity index is 1.92. The Kier molecular flexibility index (Phi) is 3.24. The van der Waals surface area contributed by atoms with Gasteiger partial charge in [-0.15, -0.1) is 11.8 Å². The molecule has 0 saturated heterocycles.